The zero-order valence-electron chi connectivity index (χ0n) is 11.2. The van der Waals surface area contributed by atoms with Gasteiger partial charge in [0.15, 0.2) is 5.78 Å². The number of halogens is 1. The molecule has 2 rings (SSSR count). The molecule has 3 nitrogen and oxygen atoms in total. The number of nitrogen functional groups attached to an aromatic ring is 1. The van der Waals surface area contributed by atoms with Gasteiger partial charge in [-0.3, -0.25) is 4.79 Å². The molecule has 108 valence electrons. The molecule has 0 radical (unpaired) electrons. The summed E-state index contributed by atoms with van der Waals surface area (Å²) in [4.78, 5) is 14.5. The van der Waals surface area contributed by atoms with E-state index < -0.39 is 0 Å². The number of Topliss-reactive ketones (excluding diaryl/α,β-unsaturated/α-hetero) is 1. The van der Waals surface area contributed by atoms with Crippen molar-refractivity contribution in [2.45, 2.75) is 18.2 Å². The summed E-state index contributed by atoms with van der Waals surface area (Å²) in [5.41, 5.74) is 6.63. The van der Waals surface area contributed by atoms with Gasteiger partial charge in [-0.25, -0.2) is 0 Å². The van der Waals surface area contributed by atoms with Crippen molar-refractivity contribution in [1.82, 2.24) is 0 Å². The quantitative estimate of drug-likeness (QED) is 0.552. The molecule has 3 N–H and O–H groups in total. The highest BCUT2D eigenvalue weighted by atomic mass is 79.9. The molecule has 2 aromatic heterocycles. The fraction of sp³-hybridized carbons (Fsp3) is 0.308. The standard InChI is InChI=1S/C13H15BrN2OS3/c1-7(17)11-10(15)12(18-2)13(20-11)16-6-5-8-3-4-9(14)19-8/h3-4,16H,5-6,15H2,1-2H3. The van der Waals surface area contributed by atoms with E-state index in [0.717, 1.165) is 26.6 Å². The maximum absolute atomic E-state index is 11.5. The van der Waals surface area contributed by atoms with E-state index in [2.05, 4.69) is 33.4 Å². The van der Waals surface area contributed by atoms with Gasteiger partial charge < -0.3 is 11.1 Å². The molecule has 0 bridgehead atoms. The minimum atomic E-state index is 0.0260. The maximum Gasteiger partial charge on any atom is 0.171 e. The molecule has 2 heterocycles. The number of nitrogens with one attached hydrogen (secondary N) is 1. The van der Waals surface area contributed by atoms with Crippen LogP contribution < -0.4 is 11.1 Å². The lowest BCUT2D eigenvalue weighted by molar-refractivity contribution is 0.102. The van der Waals surface area contributed by atoms with E-state index in [1.807, 2.05) is 6.26 Å². The predicted molar refractivity (Wildman–Crippen MR) is 94.7 cm³/mol. The third-order valence-corrected chi connectivity index (χ3v) is 6.62. The summed E-state index contributed by atoms with van der Waals surface area (Å²) >= 11 is 8.23. The van der Waals surface area contributed by atoms with Crippen LogP contribution in [0.1, 0.15) is 21.5 Å². The van der Waals surface area contributed by atoms with Gasteiger partial charge in [-0.1, -0.05) is 0 Å². The van der Waals surface area contributed by atoms with Crippen LogP contribution in [0, 0.1) is 0 Å². The second-order valence-corrected chi connectivity index (χ2v) is 8.53. The molecule has 0 aliphatic heterocycles. The largest absolute Gasteiger partial charge is 0.396 e. The van der Waals surface area contributed by atoms with Crippen molar-refractivity contribution < 1.29 is 4.79 Å². The van der Waals surface area contributed by atoms with E-state index in [4.69, 9.17) is 5.73 Å². The zero-order chi connectivity index (χ0) is 14.7. The number of thioether (sulfide) groups is 1. The number of hydrogen-bond acceptors (Lipinski definition) is 6. The Labute approximate surface area is 139 Å². The number of hydrogen-bond donors (Lipinski definition) is 2. The van der Waals surface area contributed by atoms with Crippen molar-refractivity contribution in [3.63, 3.8) is 0 Å². The number of nitrogens with two attached hydrogens (primary N) is 1. The van der Waals surface area contributed by atoms with Gasteiger partial charge in [0.05, 0.1) is 19.2 Å². The maximum atomic E-state index is 11.5. The molecule has 0 aliphatic carbocycles. The number of rotatable bonds is 6. The molecule has 2 aromatic rings. The molecule has 20 heavy (non-hydrogen) atoms. The van der Waals surface area contributed by atoms with E-state index in [1.165, 1.54) is 16.2 Å². The van der Waals surface area contributed by atoms with Gasteiger partial charge >= 0.3 is 0 Å². The number of anilines is 2. The fourth-order valence-electron chi connectivity index (χ4n) is 1.79. The van der Waals surface area contributed by atoms with Crippen LogP contribution in [-0.2, 0) is 6.42 Å². The normalized spacial score (nSPS) is 10.8. The van der Waals surface area contributed by atoms with Crippen LogP contribution in [0.5, 0.6) is 0 Å². The highest BCUT2D eigenvalue weighted by molar-refractivity contribution is 9.11. The van der Waals surface area contributed by atoms with E-state index in [-0.39, 0.29) is 5.78 Å². The summed E-state index contributed by atoms with van der Waals surface area (Å²) < 4.78 is 1.15. The van der Waals surface area contributed by atoms with Crippen molar-refractivity contribution in [2.24, 2.45) is 0 Å². The Morgan fingerprint density at radius 2 is 2.20 bits per heavy atom. The van der Waals surface area contributed by atoms with Gasteiger partial charge in [-0.15, -0.1) is 34.4 Å². The molecule has 0 fully saturated rings. The number of thiophene rings is 2. The molecular weight excluding hydrogens is 376 g/mol. The van der Waals surface area contributed by atoms with Gasteiger partial charge in [0, 0.05) is 18.3 Å². The molecular formula is C13H15BrN2OS3. The second-order valence-electron chi connectivity index (χ2n) is 4.15. The Balaban J connectivity index is 2.05. The summed E-state index contributed by atoms with van der Waals surface area (Å²) in [6.07, 6.45) is 2.93. The Bertz CT molecular complexity index is 621. The smallest absolute Gasteiger partial charge is 0.171 e. The van der Waals surface area contributed by atoms with Crippen molar-refractivity contribution in [3.8, 4) is 0 Å². The molecule has 0 aromatic carbocycles. The fourth-order valence-corrected chi connectivity index (χ4v) is 5.23. The predicted octanol–water partition coefficient (Wildman–Crippen LogP) is 4.73. The Morgan fingerprint density at radius 3 is 2.75 bits per heavy atom. The minimum Gasteiger partial charge on any atom is -0.396 e. The third kappa shape index (κ3) is 3.58. The topological polar surface area (TPSA) is 55.1 Å². The minimum absolute atomic E-state index is 0.0260. The lowest BCUT2D eigenvalue weighted by Gasteiger charge is -2.05. The average Bonchev–Trinajstić information content (AvgIpc) is 2.94. The first-order valence-corrected chi connectivity index (χ1v) is 9.63. The summed E-state index contributed by atoms with van der Waals surface area (Å²) in [7, 11) is 0. The lowest BCUT2D eigenvalue weighted by Crippen LogP contribution is -2.03. The number of carbonyl (C=O) groups is 1. The van der Waals surface area contributed by atoms with Crippen LogP contribution >= 0.6 is 50.4 Å². The van der Waals surface area contributed by atoms with Gasteiger partial charge in [0.2, 0.25) is 0 Å². The Hall–Kier alpha value is -0.500. The number of carbonyl (C=O) groups excluding carboxylic acids is 1. The molecule has 0 spiro atoms. The van der Waals surface area contributed by atoms with Crippen LogP contribution in [0.2, 0.25) is 0 Å². The third-order valence-electron chi connectivity index (χ3n) is 2.71. The number of ketones is 1. The van der Waals surface area contributed by atoms with E-state index >= 15 is 0 Å². The van der Waals surface area contributed by atoms with Crippen LogP contribution in [0.15, 0.2) is 20.8 Å². The highest BCUT2D eigenvalue weighted by Gasteiger charge is 2.17. The zero-order valence-corrected chi connectivity index (χ0v) is 15.2. The van der Waals surface area contributed by atoms with Crippen LogP contribution in [-0.4, -0.2) is 18.6 Å². The second kappa shape index (κ2) is 6.98. The Kier molecular flexibility index (Phi) is 5.54. The molecule has 0 unspecified atom stereocenters. The lowest BCUT2D eigenvalue weighted by atomic mass is 10.3. The SMILES string of the molecule is CSc1c(NCCc2ccc(Br)s2)sc(C(C)=O)c1N. The van der Waals surface area contributed by atoms with Gasteiger partial charge in [-0.05, 0) is 40.7 Å². The van der Waals surface area contributed by atoms with Crippen molar-refractivity contribution in [2.75, 3.05) is 23.9 Å². The van der Waals surface area contributed by atoms with Crippen LogP contribution in [0.3, 0.4) is 0 Å². The molecule has 0 aliphatic rings. The molecule has 0 saturated carbocycles. The summed E-state index contributed by atoms with van der Waals surface area (Å²) in [5.74, 6) is 0.0260. The summed E-state index contributed by atoms with van der Waals surface area (Å²) in [6.45, 7) is 2.39. The van der Waals surface area contributed by atoms with Crippen molar-refractivity contribution in [3.05, 3.63) is 25.7 Å². The summed E-state index contributed by atoms with van der Waals surface area (Å²) in [5, 5.41) is 4.39. The van der Waals surface area contributed by atoms with Gasteiger partial charge in [0.25, 0.3) is 0 Å². The van der Waals surface area contributed by atoms with E-state index in [0.29, 0.717) is 10.6 Å². The van der Waals surface area contributed by atoms with Crippen LogP contribution in [0.25, 0.3) is 0 Å². The van der Waals surface area contributed by atoms with Gasteiger partial charge in [-0.2, -0.15) is 0 Å². The molecule has 0 amide bonds. The van der Waals surface area contributed by atoms with E-state index in [1.54, 1.807) is 30.0 Å². The van der Waals surface area contributed by atoms with Crippen LogP contribution in [0.4, 0.5) is 10.7 Å². The first kappa shape index (κ1) is 15.9. The average molecular weight is 391 g/mol. The van der Waals surface area contributed by atoms with Crippen molar-refractivity contribution >= 4 is 66.8 Å². The monoisotopic (exact) mass is 390 g/mol. The van der Waals surface area contributed by atoms with E-state index in [9.17, 15) is 4.79 Å². The van der Waals surface area contributed by atoms with Crippen molar-refractivity contribution in [1.29, 1.82) is 0 Å². The molecule has 0 atom stereocenters. The molecule has 0 saturated heterocycles. The molecule has 7 heteroatoms. The Morgan fingerprint density at radius 1 is 1.45 bits per heavy atom. The summed E-state index contributed by atoms with van der Waals surface area (Å²) in [6, 6.07) is 4.18. The first-order valence-electron chi connectivity index (χ1n) is 5.98. The van der Waals surface area contributed by atoms with Gasteiger partial charge in [0.1, 0.15) is 5.00 Å². The first-order chi connectivity index (χ1) is 9.52. The highest BCUT2D eigenvalue weighted by Crippen LogP contribution is 2.41.